The predicted octanol–water partition coefficient (Wildman–Crippen LogP) is 3.18. The molecule has 2 heterocycles. The molecule has 0 amide bonds. The number of hydrogen-bond acceptors (Lipinski definition) is 7. The van der Waals surface area contributed by atoms with E-state index in [0.29, 0.717) is 21.5 Å². The lowest BCUT2D eigenvalue weighted by molar-refractivity contribution is 0.415. The van der Waals surface area contributed by atoms with Crippen molar-refractivity contribution in [2.24, 2.45) is 0 Å². The summed E-state index contributed by atoms with van der Waals surface area (Å²) in [6, 6.07) is 7.36. The fourth-order valence-corrected chi connectivity index (χ4v) is 2.96. The van der Waals surface area contributed by atoms with Crippen LogP contribution in [0.4, 0.5) is 16.9 Å². The van der Waals surface area contributed by atoms with Crippen molar-refractivity contribution in [2.75, 3.05) is 18.2 Å². The highest BCUT2D eigenvalue weighted by Crippen LogP contribution is 2.30. The molecule has 0 spiro atoms. The zero-order valence-corrected chi connectivity index (χ0v) is 12.8. The van der Waals surface area contributed by atoms with Gasteiger partial charge in [-0.1, -0.05) is 11.3 Å². The molecule has 0 radical (unpaired) electrons. The summed E-state index contributed by atoms with van der Waals surface area (Å²) in [5, 5.41) is 3.75. The standard InChI is InChI=1S/C12H10BrN5OS/c1-19-6-2-3-7-8(4-6)20-12(15-7)18-11-16-9(13)5-10(14)17-11/h2-5H,1H3,(H3,14,15,16,17,18). The summed E-state index contributed by atoms with van der Waals surface area (Å²) in [6.45, 7) is 0. The van der Waals surface area contributed by atoms with Gasteiger partial charge >= 0.3 is 0 Å². The Hall–Kier alpha value is -1.93. The van der Waals surface area contributed by atoms with Crippen LogP contribution in [0, 0.1) is 0 Å². The topological polar surface area (TPSA) is 86.0 Å². The van der Waals surface area contributed by atoms with E-state index < -0.39 is 0 Å². The minimum absolute atomic E-state index is 0.386. The first-order valence-electron chi connectivity index (χ1n) is 5.66. The number of halogens is 1. The number of benzene rings is 1. The fraction of sp³-hybridized carbons (Fsp3) is 0.0833. The van der Waals surface area contributed by atoms with Gasteiger partial charge in [0.05, 0.1) is 17.3 Å². The third kappa shape index (κ3) is 2.66. The zero-order chi connectivity index (χ0) is 14.1. The van der Waals surface area contributed by atoms with Crippen molar-refractivity contribution in [3.63, 3.8) is 0 Å². The lowest BCUT2D eigenvalue weighted by atomic mass is 10.3. The van der Waals surface area contributed by atoms with Gasteiger partial charge in [0.15, 0.2) is 5.13 Å². The molecule has 0 saturated heterocycles. The van der Waals surface area contributed by atoms with Gasteiger partial charge in [0, 0.05) is 6.07 Å². The second-order valence-corrected chi connectivity index (χ2v) is 5.76. The quantitative estimate of drug-likeness (QED) is 0.704. The maximum Gasteiger partial charge on any atom is 0.232 e. The van der Waals surface area contributed by atoms with Crippen LogP contribution in [0.5, 0.6) is 5.75 Å². The molecular formula is C12H10BrN5OS. The van der Waals surface area contributed by atoms with E-state index in [1.807, 2.05) is 18.2 Å². The highest BCUT2D eigenvalue weighted by molar-refractivity contribution is 9.10. The van der Waals surface area contributed by atoms with E-state index in [0.717, 1.165) is 16.0 Å². The summed E-state index contributed by atoms with van der Waals surface area (Å²) in [7, 11) is 1.64. The molecule has 0 atom stereocenters. The predicted molar refractivity (Wildman–Crippen MR) is 83.6 cm³/mol. The highest BCUT2D eigenvalue weighted by Gasteiger charge is 2.07. The molecule has 1 aromatic carbocycles. The monoisotopic (exact) mass is 351 g/mol. The van der Waals surface area contributed by atoms with Crippen LogP contribution < -0.4 is 15.8 Å². The molecule has 0 aliphatic carbocycles. The lowest BCUT2D eigenvalue weighted by Gasteiger charge is -2.01. The van der Waals surface area contributed by atoms with E-state index >= 15 is 0 Å². The van der Waals surface area contributed by atoms with Gasteiger partial charge in [0.1, 0.15) is 16.2 Å². The molecule has 0 bridgehead atoms. The van der Waals surface area contributed by atoms with Crippen LogP contribution in [0.25, 0.3) is 10.2 Å². The first-order valence-corrected chi connectivity index (χ1v) is 7.26. The van der Waals surface area contributed by atoms with E-state index in [4.69, 9.17) is 10.5 Å². The Bertz CT molecular complexity index is 755. The van der Waals surface area contributed by atoms with E-state index in [9.17, 15) is 0 Å². The Morgan fingerprint density at radius 3 is 2.85 bits per heavy atom. The fourth-order valence-electron chi connectivity index (χ4n) is 1.67. The van der Waals surface area contributed by atoms with Crippen molar-refractivity contribution in [1.29, 1.82) is 0 Å². The van der Waals surface area contributed by atoms with Gasteiger partial charge < -0.3 is 10.5 Å². The van der Waals surface area contributed by atoms with Gasteiger partial charge in [-0.15, -0.1) is 0 Å². The third-order valence-electron chi connectivity index (χ3n) is 2.53. The Labute approximate surface area is 127 Å². The summed E-state index contributed by atoms with van der Waals surface area (Å²) in [6.07, 6.45) is 0. The van der Waals surface area contributed by atoms with E-state index in [2.05, 4.69) is 36.2 Å². The van der Waals surface area contributed by atoms with Crippen LogP contribution in [-0.4, -0.2) is 22.1 Å². The number of nitrogens with one attached hydrogen (secondary N) is 1. The molecule has 0 aliphatic heterocycles. The van der Waals surface area contributed by atoms with Crippen molar-refractivity contribution in [3.05, 3.63) is 28.9 Å². The molecule has 0 aliphatic rings. The number of nitrogen functional groups attached to an aromatic ring is 1. The van der Waals surface area contributed by atoms with Crippen molar-refractivity contribution >= 4 is 54.4 Å². The molecule has 0 fully saturated rings. The van der Waals surface area contributed by atoms with Gasteiger partial charge in [0.2, 0.25) is 5.95 Å². The number of hydrogen-bond donors (Lipinski definition) is 2. The van der Waals surface area contributed by atoms with Gasteiger partial charge in [-0.3, -0.25) is 5.32 Å². The van der Waals surface area contributed by atoms with Crippen LogP contribution >= 0.6 is 27.3 Å². The molecule has 3 aromatic rings. The molecule has 0 unspecified atom stereocenters. The maximum absolute atomic E-state index is 5.67. The van der Waals surface area contributed by atoms with Crippen LogP contribution in [0.1, 0.15) is 0 Å². The summed E-state index contributed by atoms with van der Waals surface area (Å²) < 4.78 is 6.84. The van der Waals surface area contributed by atoms with Gasteiger partial charge in [-0.25, -0.2) is 9.97 Å². The number of ether oxygens (including phenoxy) is 1. The number of methoxy groups -OCH3 is 1. The Morgan fingerprint density at radius 1 is 1.25 bits per heavy atom. The minimum atomic E-state index is 0.386. The Morgan fingerprint density at radius 2 is 2.10 bits per heavy atom. The number of fused-ring (bicyclic) bond motifs is 1. The second kappa shape index (κ2) is 5.22. The van der Waals surface area contributed by atoms with Crippen molar-refractivity contribution < 1.29 is 4.74 Å². The molecule has 8 heteroatoms. The summed E-state index contributed by atoms with van der Waals surface area (Å²) in [5.41, 5.74) is 6.56. The van der Waals surface area contributed by atoms with E-state index in [1.165, 1.54) is 11.3 Å². The van der Waals surface area contributed by atoms with Gasteiger partial charge in [-0.05, 0) is 34.1 Å². The normalized spacial score (nSPS) is 10.7. The van der Waals surface area contributed by atoms with Crippen molar-refractivity contribution in [3.8, 4) is 5.75 Å². The van der Waals surface area contributed by atoms with Crippen LogP contribution in [0.15, 0.2) is 28.9 Å². The molecule has 0 saturated carbocycles. The molecule has 6 nitrogen and oxygen atoms in total. The molecule has 20 heavy (non-hydrogen) atoms. The molecule has 3 N–H and O–H groups in total. The summed E-state index contributed by atoms with van der Waals surface area (Å²) >= 11 is 4.77. The Kier molecular flexibility index (Phi) is 3.41. The lowest BCUT2D eigenvalue weighted by Crippen LogP contribution is -2.00. The molecule has 102 valence electrons. The highest BCUT2D eigenvalue weighted by atomic mass is 79.9. The number of aromatic nitrogens is 3. The number of nitrogens with zero attached hydrogens (tertiary/aromatic N) is 3. The SMILES string of the molecule is COc1ccc2nc(Nc3nc(N)cc(Br)n3)sc2c1. The molecular weight excluding hydrogens is 342 g/mol. The summed E-state index contributed by atoms with van der Waals surface area (Å²) in [5.74, 6) is 1.59. The average Bonchev–Trinajstić information content (AvgIpc) is 2.78. The third-order valence-corrected chi connectivity index (χ3v) is 3.87. The van der Waals surface area contributed by atoms with Crippen LogP contribution in [-0.2, 0) is 0 Å². The maximum atomic E-state index is 5.67. The Balaban J connectivity index is 1.94. The minimum Gasteiger partial charge on any atom is -0.497 e. The first-order chi connectivity index (χ1) is 9.64. The van der Waals surface area contributed by atoms with E-state index in [1.54, 1.807) is 13.2 Å². The largest absolute Gasteiger partial charge is 0.497 e. The van der Waals surface area contributed by atoms with Crippen molar-refractivity contribution in [2.45, 2.75) is 0 Å². The number of anilines is 3. The van der Waals surface area contributed by atoms with Crippen LogP contribution in [0.2, 0.25) is 0 Å². The van der Waals surface area contributed by atoms with E-state index in [-0.39, 0.29) is 0 Å². The number of nitrogens with two attached hydrogens (primary N) is 1. The smallest absolute Gasteiger partial charge is 0.232 e. The zero-order valence-electron chi connectivity index (χ0n) is 10.4. The first kappa shape index (κ1) is 13.1. The number of thiazole rings is 1. The van der Waals surface area contributed by atoms with Crippen molar-refractivity contribution in [1.82, 2.24) is 15.0 Å². The molecule has 2 aromatic heterocycles. The summed E-state index contributed by atoms with van der Waals surface area (Å²) in [4.78, 5) is 12.7. The van der Waals surface area contributed by atoms with Crippen LogP contribution in [0.3, 0.4) is 0 Å². The average molecular weight is 352 g/mol. The van der Waals surface area contributed by atoms with Gasteiger partial charge in [0.25, 0.3) is 0 Å². The molecule has 3 rings (SSSR count). The number of rotatable bonds is 3. The second-order valence-electron chi connectivity index (χ2n) is 3.92. The van der Waals surface area contributed by atoms with Gasteiger partial charge in [-0.2, -0.15) is 4.98 Å².